The number of carbonyl (C=O) groups is 1. The van der Waals surface area contributed by atoms with Gasteiger partial charge in [-0.3, -0.25) is 4.79 Å². The summed E-state index contributed by atoms with van der Waals surface area (Å²) in [5.41, 5.74) is 1.76. The number of nitrogens with zero attached hydrogens (tertiary/aromatic N) is 2. The van der Waals surface area contributed by atoms with Crippen molar-refractivity contribution in [3.05, 3.63) is 30.3 Å². The van der Waals surface area contributed by atoms with Gasteiger partial charge in [-0.05, 0) is 12.5 Å². The Bertz CT molecular complexity index is 742. The first kappa shape index (κ1) is 23.2. The monoisotopic (exact) mass is 397 g/mol. The van der Waals surface area contributed by atoms with Crippen LogP contribution in [-0.2, 0) is 4.79 Å². The fourth-order valence-corrected chi connectivity index (χ4v) is 3.66. The zero-order chi connectivity index (χ0) is 20.9. The summed E-state index contributed by atoms with van der Waals surface area (Å²) in [6.07, 6.45) is 14.8. The van der Waals surface area contributed by atoms with Gasteiger partial charge in [-0.15, -0.1) is 0 Å². The number of anilines is 2. The Hall–Kier alpha value is -2.10. The minimum absolute atomic E-state index is 0.0991. The van der Waals surface area contributed by atoms with E-state index in [9.17, 15) is 4.79 Å². The molecule has 1 amide bonds. The predicted molar refractivity (Wildman–Crippen MR) is 126 cm³/mol. The van der Waals surface area contributed by atoms with Crippen molar-refractivity contribution in [2.75, 3.05) is 24.3 Å². The van der Waals surface area contributed by atoms with E-state index in [1.165, 1.54) is 57.8 Å². The number of nitrogens with one attached hydrogen (secondary N) is 1. The lowest BCUT2D eigenvalue weighted by atomic mass is 10.1. The second-order valence-corrected chi connectivity index (χ2v) is 8.27. The van der Waals surface area contributed by atoms with Crippen molar-refractivity contribution in [3.63, 3.8) is 0 Å². The van der Waals surface area contributed by atoms with Crippen LogP contribution >= 0.6 is 0 Å². The Balaban J connectivity index is 1.68. The predicted octanol–water partition coefficient (Wildman–Crippen LogP) is 6.94. The minimum Gasteiger partial charge on any atom is -0.363 e. The third-order valence-corrected chi connectivity index (χ3v) is 5.44. The van der Waals surface area contributed by atoms with Crippen LogP contribution in [0.25, 0.3) is 10.9 Å². The fraction of sp³-hybridized carbons (Fsp3) is 0.600. The maximum Gasteiger partial charge on any atom is 0.224 e. The molecule has 2 aromatic rings. The normalized spacial score (nSPS) is 11.0. The Kier molecular flexibility index (Phi) is 10.5. The van der Waals surface area contributed by atoms with Crippen LogP contribution in [-0.4, -0.2) is 25.0 Å². The summed E-state index contributed by atoms with van der Waals surface area (Å²) in [6.45, 7) is 2.26. The highest BCUT2D eigenvalue weighted by atomic mass is 16.1. The van der Waals surface area contributed by atoms with Gasteiger partial charge in [0, 0.05) is 32.0 Å². The first-order chi connectivity index (χ1) is 14.1. The lowest BCUT2D eigenvalue weighted by Crippen LogP contribution is -2.14. The van der Waals surface area contributed by atoms with Gasteiger partial charge in [-0.2, -0.15) is 0 Å². The number of para-hydroxylation sites is 1. The maximum atomic E-state index is 12.5. The number of aromatic nitrogens is 1. The topological polar surface area (TPSA) is 45.2 Å². The molecular weight excluding hydrogens is 358 g/mol. The first-order valence-corrected chi connectivity index (χ1v) is 11.5. The lowest BCUT2D eigenvalue weighted by molar-refractivity contribution is -0.116. The minimum atomic E-state index is 0.0991. The van der Waals surface area contributed by atoms with E-state index < -0.39 is 0 Å². The van der Waals surface area contributed by atoms with Crippen molar-refractivity contribution in [2.45, 2.75) is 84.0 Å². The summed E-state index contributed by atoms with van der Waals surface area (Å²) in [4.78, 5) is 19.1. The quantitative estimate of drug-likeness (QED) is 0.351. The smallest absolute Gasteiger partial charge is 0.224 e. The van der Waals surface area contributed by atoms with Gasteiger partial charge in [0.2, 0.25) is 5.91 Å². The molecular formula is C25H39N3O. The highest BCUT2D eigenvalue weighted by Gasteiger charge is 2.10. The maximum absolute atomic E-state index is 12.5. The zero-order valence-corrected chi connectivity index (χ0v) is 18.7. The number of hydrogen-bond acceptors (Lipinski definition) is 3. The van der Waals surface area contributed by atoms with Crippen LogP contribution in [0, 0.1) is 0 Å². The van der Waals surface area contributed by atoms with Gasteiger partial charge in [0.05, 0.1) is 11.2 Å². The molecule has 1 aromatic carbocycles. The van der Waals surface area contributed by atoms with Gasteiger partial charge < -0.3 is 10.2 Å². The molecule has 0 spiro atoms. The lowest BCUT2D eigenvalue weighted by Gasteiger charge is -2.15. The van der Waals surface area contributed by atoms with Crippen molar-refractivity contribution in [2.24, 2.45) is 0 Å². The molecule has 0 aliphatic rings. The summed E-state index contributed by atoms with van der Waals surface area (Å²) >= 11 is 0. The van der Waals surface area contributed by atoms with Gasteiger partial charge in [-0.1, -0.05) is 89.3 Å². The molecule has 1 heterocycles. The van der Waals surface area contributed by atoms with E-state index in [4.69, 9.17) is 0 Å². The van der Waals surface area contributed by atoms with E-state index in [2.05, 4.69) is 17.2 Å². The average molecular weight is 398 g/mol. The van der Waals surface area contributed by atoms with Crippen molar-refractivity contribution in [1.29, 1.82) is 0 Å². The molecule has 0 aliphatic carbocycles. The Morgan fingerprint density at radius 1 is 0.897 bits per heavy atom. The van der Waals surface area contributed by atoms with E-state index in [1.807, 2.05) is 49.3 Å². The molecule has 0 aliphatic heterocycles. The molecule has 29 heavy (non-hydrogen) atoms. The van der Waals surface area contributed by atoms with Crippen molar-refractivity contribution in [3.8, 4) is 0 Å². The van der Waals surface area contributed by atoms with E-state index in [0.29, 0.717) is 6.42 Å². The highest BCUT2D eigenvalue weighted by molar-refractivity contribution is 6.01. The fourth-order valence-electron chi connectivity index (χ4n) is 3.66. The zero-order valence-electron chi connectivity index (χ0n) is 18.7. The van der Waals surface area contributed by atoms with Crippen LogP contribution < -0.4 is 10.2 Å². The van der Waals surface area contributed by atoms with Crippen molar-refractivity contribution < 1.29 is 4.79 Å². The van der Waals surface area contributed by atoms with Crippen LogP contribution in [0.4, 0.5) is 11.5 Å². The van der Waals surface area contributed by atoms with E-state index in [-0.39, 0.29) is 5.91 Å². The van der Waals surface area contributed by atoms with Gasteiger partial charge in [-0.25, -0.2) is 4.98 Å². The number of rotatable bonds is 14. The summed E-state index contributed by atoms with van der Waals surface area (Å²) in [5.74, 6) is 0.954. The molecule has 0 bridgehead atoms. The van der Waals surface area contributed by atoms with Crippen LogP contribution in [0.1, 0.15) is 84.0 Å². The van der Waals surface area contributed by atoms with Crippen LogP contribution in [0.5, 0.6) is 0 Å². The van der Waals surface area contributed by atoms with Gasteiger partial charge >= 0.3 is 0 Å². The third-order valence-electron chi connectivity index (χ3n) is 5.44. The molecule has 0 fully saturated rings. The van der Waals surface area contributed by atoms with Gasteiger partial charge in [0.1, 0.15) is 5.82 Å². The summed E-state index contributed by atoms with van der Waals surface area (Å²) in [5, 5.41) is 4.10. The van der Waals surface area contributed by atoms with Crippen molar-refractivity contribution >= 4 is 28.3 Å². The highest BCUT2D eigenvalue weighted by Crippen LogP contribution is 2.26. The van der Waals surface area contributed by atoms with E-state index >= 15 is 0 Å². The molecule has 2 rings (SSSR count). The second-order valence-electron chi connectivity index (χ2n) is 8.27. The van der Waals surface area contributed by atoms with Gasteiger partial charge in [0.25, 0.3) is 0 Å². The Labute approximate surface area is 177 Å². The van der Waals surface area contributed by atoms with Gasteiger partial charge in [0.15, 0.2) is 0 Å². The molecule has 4 nitrogen and oxygen atoms in total. The molecule has 1 aromatic heterocycles. The Morgan fingerprint density at radius 3 is 2.10 bits per heavy atom. The number of pyridine rings is 1. The molecule has 0 unspecified atom stereocenters. The molecule has 0 radical (unpaired) electrons. The molecule has 0 saturated heterocycles. The van der Waals surface area contributed by atoms with Crippen LogP contribution in [0.15, 0.2) is 30.3 Å². The average Bonchev–Trinajstić information content (AvgIpc) is 2.72. The summed E-state index contributed by atoms with van der Waals surface area (Å²) in [6, 6.07) is 9.92. The Morgan fingerprint density at radius 2 is 1.48 bits per heavy atom. The van der Waals surface area contributed by atoms with Crippen molar-refractivity contribution in [1.82, 2.24) is 4.98 Å². The summed E-state index contributed by atoms with van der Waals surface area (Å²) < 4.78 is 0. The van der Waals surface area contributed by atoms with E-state index in [1.54, 1.807) is 0 Å². The molecule has 0 saturated carbocycles. The number of hydrogen-bond donors (Lipinski definition) is 1. The summed E-state index contributed by atoms with van der Waals surface area (Å²) in [7, 11) is 3.93. The van der Waals surface area contributed by atoms with Crippen LogP contribution in [0.3, 0.4) is 0 Å². The number of benzene rings is 1. The first-order valence-electron chi connectivity index (χ1n) is 11.5. The SMILES string of the molecule is CCCCCCCCCCCCCC(=O)Nc1cc(N(C)C)nc2ccccc12. The number of fused-ring (bicyclic) bond motifs is 1. The second kappa shape index (κ2) is 13.2. The number of unbranched alkanes of at least 4 members (excludes halogenated alkanes) is 10. The molecule has 160 valence electrons. The number of amides is 1. The molecule has 0 atom stereocenters. The standard InChI is InChI=1S/C25H39N3O/c1-4-5-6-7-8-9-10-11-12-13-14-19-25(29)27-23-20-24(28(2)3)26-22-18-16-15-17-21(22)23/h15-18,20H,4-14,19H2,1-3H3,(H,26,27,29). The molecule has 4 heteroatoms. The largest absolute Gasteiger partial charge is 0.363 e. The molecule has 1 N–H and O–H groups in total. The third kappa shape index (κ3) is 8.43. The van der Waals surface area contributed by atoms with Crippen LogP contribution in [0.2, 0.25) is 0 Å². The van der Waals surface area contributed by atoms with E-state index in [0.717, 1.165) is 35.2 Å². The number of carbonyl (C=O) groups excluding carboxylic acids is 1.